The Hall–Kier alpha value is -7.46. The SMILES string of the molecule is CCc1cc(Cc2cc(C)c(C(C)(C)C)c(CC)c2)cc(C)c1N1C(=O)c2ccc(C(=O)Oc3c(C)cc(-c4cc(C)c(OC(=O)c5ccc6c(c5)C(=O)N(C(C)(C)C)C6=O)c(C)c4C)c(C)c3C)cc2C1=O. The smallest absolute Gasteiger partial charge is 0.343 e. The number of hydrogen-bond donors (Lipinski definition) is 0. The fourth-order valence-electron chi connectivity index (χ4n) is 11.1. The van der Waals surface area contributed by atoms with Crippen molar-refractivity contribution in [1.82, 2.24) is 4.90 Å². The number of nitrogens with zero attached hydrogens (tertiary/aromatic N) is 2. The number of rotatable bonds is 10. The van der Waals surface area contributed by atoms with Gasteiger partial charge in [-0.05, 0) is 233 Å². The Balaban J connectivity index is 1.01. The van der Waals surface area contributed by atoms with Crippen LogP contribution in [0.4, 0.5) is 5.69 Å². The van der Waals surface area contributed by atoms with Crippen molar-refractivity contribution in [2.24, 2.45) is 0 Å². The molecule has 0 unspecified atom stereocenters. The van der Waals surface area contributed by atoms with Crippen LogP contribution in [0.3, 0.4) is 0 Å². The van der Waals surface area contributed by atoms with Crippen molar-refractivity contribution in [2.45, 2.75) is 141 Å². The van der Waals surface area contributed by atoms with Gasteiger partial charge in [-0.3, -0.25) is 24.1 Å². The monoisotopic (exact) mass is 978 g/mol. The Kier molecular flexibility index (Phi) is 13.4. The quantitative estimate of drug-likeness (QED) is 0.0754. The van der Waals surface area contributed by atoms with Gasteiger partial charge < -0.3 is 9.47 Å². The third-order valence-electron chi connectivity index (χ3n) is 14.7. The number of imide groups is 2. The van der Waals surface area contributed by atoms with Crippen LogP contribution in [-0.4, -0.2) is 46.0 Å². The molecule has 4 amide bonds. The maximum atomic E-state index is 14.3. The lowest BCUT2D eigenvalue weighted by Crippen LogP contribution is -2.45. The molecule has 0 saturated carbocycles. The predicted octanol–water partition coefficient (Wildman–Crippen LogP) is 13.5. The van der Waals surface area contributed by atoms with Crippen molar-refractivity contribution in [3.63, 3.8) is 0 Å². The maximum absolute atomic E-state index is 14.3. The second kappa shape index (κ2) is 18.9. The molecule has 0 spiro atoms. The number of carbonyl (C=O) groups excluding carboxylic acids is 6. The third-order valence-corrected chi connectivity index (χ3v) is 14.7. The zero-order valence-corrected chi connectivity index (χ0v) is 45.2. The number of amides is 4. The standard InChI is InChI=1S/C63H66N2O8/c1-17-42-28-40(23-32(3)52(42)62(11,12)13)27-41-24-33(4)53(43(18-2)29-41)64-56(66)46-21-19-44(30-50(46)57(64)67)60(70)72-54-34(5)25-48(36(7)38(54)9)49-26-35(6)55(39(10)37(49)8)73-61(71)45-20-22-47-51(31-45)59(69)65(58(47)68)63(14,15)16/h19-26,28-31H,17-18,27H2,1-16H3. The molecule has 2 heterocycles. The number of carbonyl (C=O) groups is 6. The first-order valence-electron chi connectivity index (χ1n) is 25.2. The normalized spacial score (nSPS) is 13.5. The molecule has 10 nitrogen and oxygen atoms in total. The van der Waals surface area contributed by atoms with Crippen LogP contribution in [0.15, 0.2) is 72.8 Å². The Morgan fingerprint density at radius 3 is 1.36 bits per heavy atom. The zero-order valence-electron chi connectivity index (χ0n) is 45.2. The topological polar surface area (TPSA) is 127 Å². The second-order valence-electron chi connectivity index (χ2n) is 22.0. The van der Waals surface area contributed by atoms with Crippen molar-refractivity contribution in [1.29, 1.82) is 0 Å². The Morgan fingerprint density at radius 1 is 0.466 bits per heavy atom. The third kappa shape index (κ3) is 9.10. The lowest BCUT2D eigenvalue weighted by molar-refractivity contribution is 0.0506. The maximum Gasteiger partial charge on any atom is 0.343 e. The number of aryl methyl sites for hydroxylation is 6. The molecule has 0 radical (unpaired) electrons. The van der Waals surface area contributed by atoms with Gasteiger partial charge in [-0.2, -0.15) is 0 Å². The molecule has 376 valence electrons. The summed E-state index contributed by atoms with van der Waals surface area (Å²) in [6.07, 6.45) is 2.27. The summed E-state index contributed by atoms with van der Waals surface area (Å²) >= 11 is 0. The van der Waals surface area contributed by atoms with Crippen LogP contribution in [0.2, 0.25) is 0 Å². The highest BCUT2D eigenvalue weighted by molar-refractivity contribution is 6.35. The molecule has 0 fully saturated rings. The fourth-order valence-corrected chi connectivity index (χ4v) is 11.1. The average molecular weight is 979 g/mol. The van der Waals surface area contributed by atoms with Crippen LogP contribution in [0, 0.1) is 55.4 Å². The van der Waals surface area contributed by atoms with E-state index in [0.29, 0.717) is 34.7 Å². The van der Waals surface area contributed by atoms with E-state index in [2.05, 4.69) is 58.9 Å². The number of benzene rings is 6. The summed E-state index contributed by atoms with van der Waals surface area (Å²) in [5.74, 6) is -2.29. The molecule has 0 aromatic heterocycles. The van der Waals surface area contributed by atoms with E-state index < -0.39 is 41.1 Å². The number of fused-ring (bicyclic) bond motifs is 2. The lowest BCUT2D eigenvalue weighted by Gasteiger charge is -2.29. The molecule has 73 heavy (non-hydrogen) atoms. The molecule has 0 aliphatic carbocycles. The molecular formula is C63H66N2O8. The van der Waals surface area contributed by atoms with Crippen LogP contribution >= 0.6 is 0 Å². The van der Waals surface area contributed by atoms with Gasteiger partial charge in [0.15, 0.2) is 0 Å². The van der Waals surface area contributed by atoms with Crippen LogP contribution in [0.5, 0.6) is 11.5 Å². The van der Waals surface area contributed by atoms with E-state index in [1.807, 2.05) is 67.5 Å². The summed E-state index contributed by atoms with van der Waals surface area (Å²) in [6.45, 7) is 31.9. The highest BCUT2D eigenvalue weighted by Gasteiger charge is 2.43. The molecule has 10 heteroatoms. The zero-order chi connectivity index (χ0) is 53.5. The van der Waals surface area contributed by atoms with E-state index >= 15 is 0 Å². The molecular weight excluding hydrogens is 913 g/mol. The van der Waals surface area contributed by atoms with E-state index in [0.717, 1.165) is 62.9 Å². The number of ether oxygens (including phenoxy) is 2. The molecule has 2 aliphatic rings. The van der Waals surface area contributed by atoms with Crippen molar-refractivity contribution in [3.8, 4) is 22.6 Å². The van der Waals surface area contributed by atoms with Crippen molar-refractivity contribution >= 4 is 41.3 Å². The Morgan fingerprint density at radius 2 is 0.890 bits per heavy atom. The number of esters is 2. The van der Waals surface area contributed by atoms with Gasteiger partial charge in [0.1, 0.15) is 11.5 Å². The number of hydrogen-bond acceptors (Lipinski definition) is 8. The molecule has 6 aromatic rings. The van der Waals surface area contributed by atoms with Crippen molar-refractivity contribution in [2.75, 3.05) is 4.90 Å². The highest BCUT2D eigenvalue weighted by Crippen LogP contribution is 2.42. The van der Waals surface area contributed by atoms with Gasteiger partial charge in [0, 0.05) is 5.54 Å². The van der Waals surface area contributed by atoms with Crippen LogP contribution in [0.25, 0.3) is 11.1 Å². The fraction of sp³-hybridized carbons (Fsp3) is 0.333. The second-order valence-corrected chi connectivity index (χ2v) is 22.0. The molecule has 2 aliphatic heterocycles. The van der Waals surface area contributed by atoms with Crippen LogP contribution in [-0.2, 0) is 24.7 Å². The molecule has 6 aromatic carbocycles. The van der Waals surface area contributed by atoms with Gasteiger partial charge in [-0.1, -0.05) is 58.9 Å². The molecule has 8 rings (SSSR count). The molecule has 0 N–H and O–H groups in total. The summed E-state index contributed by atoms with van der Waals surface area (Å²) in [6, 6.07) is 21.7. The molecule has 0 atom stereocenters. The van der Waals surface area contributed by atoms with Gasteiger partial charge in [0.2, 0.25) is 0 Å². The van der Waals surface area contributed by atoms with E-state index in [1.54, 1.807) is 20.8 Å². The Bertz CT molecular complexity index is 3410. The van der Waals surface area contributed by atoms with Crippen LogP contribution in [0.1, 0.15) is 190 Å². The average Bonchev–Trinajstić information content (AvgIpc) is 3.73. The van der Waals surface area contributed by atoms with Gasteiger partial charge >= 0.3 is 11.9 Å². The van der Waals surface area contributed by atoms with Gasteiger partial charge in [0.25, 0.3) is 23.6 Å². The largest absolute Gasteiger partial charge is 0.422 e. The first-order chi connectivity index (χ1) is 34.2. The molecule has 0 bridgehead atoms. The van der Waals surface area contributed by atoms with E-state index in [-0.39, 0.29) is 38.8 Å². The minimum atomic E-state index is -0.728. The van der Waals surface area contributed by atoms with E-state index in [9.17, 15) is 28.8 Å². The lowest BCUT2D eigenvalue weighted by atomic mass is 9.79. The summed E-state index contributed by atoms with van der Waals surface area (Å²) in [4.78, 5) is 84.8. The van der Waals surface area contributed by atoms with Crippen molar-refractivity contribution < 1.29 is 38.2 Å². The minimum absolute atomic E-state index is 0.0397. The van der Waals surface area contributed by atoms with E-state index in [4.69, 9.17) is 9.47 Å². The van der Waals surface area contributed by atoms with Crippen molar-refractivity contribution in [3.05, 3.63) is 179 Å². The first kappa shape index (κ1) is 51.9. The predicted molar refractivity (Wildman–Crippen MR) is 287 cm³/mol. The summed E-state index contributed by atoms with van der Waals surface area (Å²) in [7, 11) is 0. The van der Waals surface area contributed by atoms with Gasteiger partial charge in [0.05, 0.1) is 39.1 Å². The van der Waals surface area contributed by atoms with Crippen LogP contribution < -0.4 is 14.4 Å². The highest BCUT2D eigenvalue weighted by atomic mass is 16.5. The summed E-state index contributed by atoms with van der Waals surface area (Å²) in [5, 5.41) is 0. The Labute approximate surface area is 429 Å². The summed E-state index contributed by atoms with van der Waals surface area (Å²) < 4.78 is 12.1. The number of anilines is 1. The van der Waals surface area contributed by atoms with E-state index in [1.165, 1.54) is 68.5 Å². The van der Waals surface area contributed by atoms with Gasteiger partial charge in [-0.25, -0.2) is 14.5 Å². The molecule has 0 saturated heterocycles. The minimum Gasteiger partial charge on any atom is -0.422 e. The summed E-state index contributed by atoms with van der Waals surface area (Å²) in [5.41, 5.74) is 15.6. The first-order valence-corrected chi connectivity index (χ1v) is 25.2. The van der Waals surface area contributed by atoms with Gasteiger partial charge in [-0.15, -0.1) is 0 Å².